The van der Waals surface area contributed by atoms with E-state index in [-0.39, 0.29) is 5.41 Å². The number of hydrogen-bond donors (Lipinski definition) is 0. The van der Waals surface area contributed by atoms with Crippen LogP contribution >= 0.6 is 0 Å². The quantitative estimate of drug-likeness (QED) is 0.635. The van der Waals surface area contributed by atoms with Gasteiger partial charge >= 0.3 is 0 Å². The van der Waals surface area contributed by atoms with Crippen LogP contribution in [0.2, 0.25) is 0 Å². The maximum Gasteiger partial charge on any atom is 0.146 e. The molecule has 0 aliphatic heterocycles. The summed E-state index contributed by atoms with van der Waals surface area (Å²) in [5.74, 6) is 0.902. The van der Waals surface area contributed by atoms with Crippen molar-refractivity contribution in [2.45, 2.75) is 24.7 Å². The van der Waals surface area contributed by atoms with Gasteiger partial charge in [-0.15, -0.1) is 0 Å². The van der Waals surface area contributed by atoms with E-state index in [4.69, 9.17) is 0 Å². The molecule has 3 fully saturated rings. The molecule has 2 atom stereocenters. The zero-order chi connectivity index (χ0) is 8.89. The Hall–Kier alpha value is -1.11. The number of ketones is 1. The van der Waals surface area contributed by atoms with Gasteiger partial charge in [0.2, 0.25) is 0 Å². The highest BCUT2D eigenvalue weighted by molar-refractivity contribution is 6.00. The number of rotatable bonds is 1. The van der Waals surface area contributed by atoms with Crippen molar-refractivity contribution in [2.75, 3.05) is 0 Å². The van der Waals surface area contributed by atoms with Gasteiger partial charge in [0.25, 0.3) is 0 Å². The van der Waals surface area contributed by atoms with Gasteiger partial charge in [0.1, 0.15) is 5.78 Å². The van der Waals surface area contributed by atoms with E-state index in [2.05, 4.69) is 12.1 Å². The van der Waals surface area contributed by atoms with E-state index in [1.54, 1.807) is 0 Å². The highest BCUT2D eigenvalue weighted by Gasteiger charge is 2.59. The van der Waals surface area contributed by atoms with Crippen molar-refractivity contribution in [3.05, 3.63) is 35.9 Å². The van der Waals surface area contributed by atoms with Crippen LogP contribution in [0.15, 0.2) is 30.3 Å². The Morgan fingerprint density at radius 3 is 2.54 bits per heavy atom. The summed E-state index contributed by atoms with van der Waals surface area (Å²) in [5, 5.41) is 0. The van der Waals surface area contributed by atoms with Crippen molar-refractivity contribution in [3.8, 4) is 0 Å². The lowest BCUT2D eigenvalue weighted by atomic mass is 9.64. The van der Waals surface area contributed by atoms with Gasteiger partial charge in [0, 0.05) is 5.92 Å². The Bertz CT molecular complexity index is 351. The largest absolute Gasteiger partial charge is 0.298 e. The van der Waals surface area contributed by atoms with E-state index in [0.29, 0.717) is 11.7 Å². The maximum atomic E-state index is 11.7. The van der Waals surface area contributed by atoms with Crippen LogP contribution in [0.5, 0.6) is 0 Å². The van der Waals surface area contributed by atoms with E-state index in [1.165, 1.54) is 5.56 Å². The molecule has 1 heteroatoms. The summed E-state index contributed by atoms with van der Waals surface area (Å²) in [6.45, 7) is 0. The van der Waals surface area contributed by atoms with Gasteiger partial charge < -0.3 is 0 Å². The zero-order valence-corrected chi connectivity index (χ0v) is 7.49. The molecule has 1 nitrogen and oxygen atoms in total. The van der Waals surface area contributed by atoms with Crippen molar-refractivity contribution < 1.29 is 4.79 Å². The summed E-state index contributed by atoms with van der Waals surface area (Å²) in [4.78, 5) is 11.7. The highest BCUT2D eigenvalue weighted by atomic mass is 16.1. The van der Waals surface area contributed by atoms with Crippen molar-refractivity contribution >= 4 is 5.78 Å². The van der Waals surface area contributed by atoms with Crippen LogP contribution in [0.25, 0.3) is 0 Å². The number of fused-ring (bicyclic) bond motifs is 1. The molecule has 0 saturated heterocycles. The van der Waals surface area contributed by atoms with Gasteiger partial charge in [-0.05, 0) is 24.8 Å². The highest BCUT2D eigenvalue weighted by Crippen LogP contribution is 2.56. The number of carbonyl (C=O) groups is 1. The normalized spacial score (nSPS) is 36.0. The molecule has 0 N–H and O–H groups in total. The number of benzene rings is 1. The first-order valence-corrected chi connectivity index (χ1v) is 4.93. The van der Waals surface area contributed by atoms with E-state index in [9.17, 15) is 4.79 Å². The fourth-order valence-electron chi connectivity index (χ4n) is 2.91. The summed E-state index contributed by atoms with van der Waals surface area (Å²) in [5.41, 5.74) is 1.19. The summed E-state index contributed by atoms with van der Waals surface area (Å²) in [7, 11) is 0. The molecule has 0 aromatic heterocycles. The van der Waals surface area contributed by atoms with Crippen LogP contribution in [0, 0.1) is 5.92 Å². The van der Waals surface area contributed by atoms with Gasteiger partial charge in [-0.1, -0.05) is 30.3 Å². The smallest absolute Gasteiger partial charge is 0.146 e. The van der Waals surface area contributed by atoms with Gasteiger partial charge in [-0.25, -0.2) is 0 Å². The minimum Gasteiger partial charge on any atom is -0.298 e. The molecule has 3 aliphatic rings. The van der Waals surface area contributed by atoms with Gasteiger partial charge in [0.05, 0.1) is 5.41 Å². The van der Waals surface area contributed by atoms with Gasteiger partial charge in [-0.2, -0.15) is 0 Å². The molecule has 2 bridgehead atoms. The van der Waals surface area contributed by atoms with Crippen molar-refractivity contribution in [3.63, 3.8) is 0 Å². The molecule has 0 spiro atoms. The molecule has 1 aromatic rings. The lowest BCUT2D eigenvalue weighted by Gasteiger charge is -2.36. The van der Waals surface area contributed by atoms with Crippen LogP contribution in [0.1, 0.15) is 24.8 Å². The molecule has 13 heavy (non-hydrogen) atoms. The molecular formula is C12H12O. The van der Waals surface area contributed by atoms with E-state index in [1.807, 2.05) is 18.2 Å². The first kappa shape index (κ1) is 7.31. The third-order valence-corrected chi connectivity index (χ3v) is 3.68. The molecule has 0 radical (unpaired) electrons. The number of Topliss-reactive ketones (excluding diaryl/α,β-unsaturated/α-hetero) is 1. The first-order chi connectivity index (χ1) is 6.33. The first-order valence-electron chi connectivity index (χ1n) is 4.93. The number of hydrogen-bond acceptors (Lipinski definition) is 1. The molecule has 3 aliphatic carbocycles. The fourth-order valence-corrected chi connectivity index (χ4v) is 2.91. The van der Waals surface area contributed by atoms with Crippen molar-refractivity contribution in [1.82, 2.24) is 0 Å². The minimum absolute atomic E-state index is 0.0497. The minimum atomic E-state index is -0.0497. The Morgan fingerprint density at radius 2 is 2.00 bits per heavy atom. The second-order valence-corrected chi connectivity index (χ2v) is 4.25. The average Bonchev–Trinajstić information content (AvgIpc) is 2.76. The molecule has 0 unspecified atom stereocenters. The van der Waals surface area contributed by atoms with Crippen molar-refractivity contribution in [1.29, 1.82) is 0 Å². The standard InChI is InChI=1S/C12H12O/c13-11-9-6-7-12(11,8-9)10-4-2-1-3-5-10/h1-5,9H,6-8H2/t9-,12+/m0/s1. The van der Waals surface area contributed by atoms with E-state index in [0.717, 1.165) is 19.3 Å². The maximum absolute atomic E-state index is 11.7. The topological polar surface area (TPSA) is 17.1 Å². The Morgan fingerprint density at radius 1 is 1.23 bits per heavy atom. The predicted octanol–water partition coefficient (Wildman–Crippen LogP) is 2.31. The van der Waals surface area contributed by atoms with Crippen molar-refractivity contribution in [2.24, 2.45) is 5.92 Å². The number of carbonyl (C=O) groups excluding carboxylic acids is 1. The second kappa shape index (κ2) is 2.22. The lowest BCUT2D eigenvalue weighted by molar-refractivity contribution is -0.133. The lowest BCUT2D eigenvalue weighted by Crippen LogP contribution is -2.44. The molecule has 4 rings (SSSR count). The fraction of sp³-hybridized carbons (Fsp3) is 0.417. The Balaban J connectivity index is 2.07. The van der Waals surface area contributed by atoms with Crippen LogP contribution in [0.4, 0.5) is 0 Å². The molecule has 3 saturated carbocycles. The summed E-state index contributed by atoms with van der Waals surface area (Å²) in [6, 6.07) is 10.3. The molecule has 66 valence electrons. The summed E-state index contributed by atoms with van der Waals surface area (Å²) < 4.78 is 0. The van der Waals surface area contributed by atoms with E-state index >= 15 is 0 Å². The SMILES string of the molecule is O=C1[C@H]2CC[C@]1(c1ccccc1)C2. The third-order valence-electron chi connectivity index (χ3n) is 3.68. The van der Waals surface area contributed by atoms with Gasteiger partial charge in [-0.3, -0.25) is 4.79 Å². The van der Waals surface area contributed by atoms with Crippen LogP contribution in [-0.4, -0.2) is 5.78 Å². The second-order valence-electron chi connectivity index (χ2n) is 4.25. The zero-order valence-electron chi connectivity index (χ0n) is 7.49. The molecule has 0 amide bonds. The Kier molecular flexibility index (Phi) is 1.25. The Labute approximate surface area is 77.8 Å². The van der Waals surface area contributed by atoms with E-state index < -0.39 is 0 Å². The van der Waals surface area contributed by atoms with Crippen LogP contribution in [-0.2, 0) is 10.2 Å². The molecule has 0 heterocycles. The average molecular weight is 172 g/mol. The molecular weight excluding hydrogens is 160 g/mol. The van der Waals surface area contributed by atoms with Gasteiger partial charge in [0.15, 0.2) is 0 Å². The monoisotopic (exact) mass is 172 g/mol. The summed E-state index contributed by atoms with van der Waals surface area (Å²) in [6.07, 6.45) is 3.31. The summed E-state index contributed by atoms with van der Waals surface area (Å²) >= 11 is 0. The van der Waals surface area contributed by atoms with Crippen LogP contribution < -0.4 is 0 Å². The predicted molar refractivity (Wildman–Crippen MR) is 50.5 cm³/mol. The third kappa shape index (κ3) is 0.749. The van der Waals surface area contributed by atoms with Crippen LogP contribution in [0.3, 0.4) is 0 Å². The molecule has 1 aromatic carbocycles.